The number of carbonyl (C=O) groups is 2. The second kappa shape index (κ2) is 8.26. The quantitative estimate of drug-likeness (QED) is 0.459. The van der Waals surface area contributed by atoms with Crippen molar-refractivity contribution in [2.45, 2.75) is 25.7 Å². The van der Waals surface area contributed by atoms with Gasteiger partial charge in [0.05, 0.1) is 5.94 Å². The van der Waals surface area contributed by atoms with Gasteiger partial charge < -0.3 is 19.7 Å². The second-order valence-corrected chi connectivity index (χ2v) is 6.15. The molecule has 0 spiro atoms. The smallest absolute Gasteiger partial charge is 0.534 e. The molecule has 0 aliphatic carbocycles. The zero-order chi connectivity index (χ0) is 16.8. The number of nitrogens with one attached hydrogen (secondary N) is 1. The normalized spacial score (nSPS) is 16.3. The van der Waals surface area contributed by atoms with Crippen LogP contribution in [0.1, 0.15) is 29.3 Å². The monoisotopic (exact) mass is 337 g/mol. The van der Waals surface area contributed by atoms with E-state index in [1.54, 1.807) is 30.8 Å². The number of amides is 1. The summed E-state index contributed by atoms with van der Waals surface area (Å²) in [6, 6.07) is 5.16. The molecule has 0 radical (unpaired) electrons. The van der Waals surface area contributed by atoms with Gasteiger partial charge in [-0.25, -0.2) is 4.79 Å². The van der Waals surface area contributed by atoms with Crippen molar-refractivity contribution in [2.24, 2.45) is 0 Å². The van der Waals surface area contributed by atoms with Crippen LogP contribution < -0.4 is 9.97 Å². The van der Waals surface area contributed by atoms with E-state index in [1.165, 1.54) is 0 Å². The maximum Gasteiger partial charge on any atom is 0.547 e. The van der Waals surface area contributed by atoms with E-state index >= 15 is 0 Å². The third-order valence-corrected chi connectivity index (χ3v) is 4.10. The number of benzene rings is 1. The van der Waals surface area contributed by atoms with Crippen LogP contribution in [0.3, 0.4) is 0 Å². The number of thioether (sulfide) groups is 1. The molecule has 124 valence electrons. The largest absolute Gasteiger partial charge is 0.547 e. The van der Waals surface area contributed by atoms with Crippen LogP contribution in [0.15, 0.2) is 18.2 Å². The van der Waals surface area contributed by atoms with E-state index in [-0.39, 0.29) is 5.91 Å². The molecule has 0 aromatic heterocycles. The molecule has 1 aliphatic rings. The minimum absolute atomic E-state index is 0.159. The van der Waals surface area contributed by atoms with Gasteiger partial charge in [0.1, 0.15) is 17.9 Å². The van der Waals surface area contributed by atoms with E-state index in [0.29, 0.717) is 30.8 Å². The van der Waals surface area contributed by atoms with Crippen LogP contribution in [-0.2, 0) is 16.0 Å². The lowest BCUT2D eigenvalue weighted by Gasteiger charge is -2.29. The molecule has 0 saturated carbocycles. The summed E-state index contributed by atoms with van der Waals surface area (Å²) < 4.78 is 10.7. The van der Waals surface area contributed by atoms with Gasteiger partial charge >= 0.3 is 13.1 Å². The summed E-state index contributed by atoms with van der Waals surface area (Å²) in [5.74, 6) is -0.114. The number of ether oxygens (including phenoxy) is 1. The number of carbonyl (C=O) groups excluding carboxylic acids is 2. The number of fused-ring (bicyclic) bond motifs is 1. The summed E-state index contributed by atoms with van der Waals surface area (Å²) in [6.45, 7) is 2.06. The topological polar surface area (TPSA) is 84.9 Å². The summed E-state index contributed by atoms with van der Waals surface area (Å²) in [5.41, 5.74) is 1.05. The molecule has 1 aliphatic heterocycles. The Hall–Kier alpha value is -1.67. The molecule has 2 rings (SSSR count). The fourth-order valence-corrected chi connectivity index (χ4v) is 2.56. The fourth-order valence-electron chi connectivity index (χ4n) is 2.31. The van der Waals surface area contributed by atoms with Crippen molar-refractivity contribution >= 4 is 30.8 Å². The van der Waals surface area contributed by atoms with Crippen LogP contribution in [-0.4, -0.2) is 48.6 Å². The molecular formula is C15H20BNO5S. The van der Waals surface area contributed by atoms with Crippen LogP contribution in [0.5, 0.6) is 5.75 Å². The van der Waals surface area contributed by atoms with Crippen LogP contribution in [0.2, 0.25) is 0 Å². The van der Waals surface area contributed by atoms with E-state index in [9.17, 15) is 14.6 Å². The highest BCUT2D eigenvalue weighted by atomic mass is 32.2. The van der Waals surface area contributed by atoms with Crippen molar-refractivity contribution in [3.63, 3.8) is 0 Å². The highest BCUT2D eigenvalue weighted by Gasteiger charge is 2.37. The molecule has 1 amide bonds. The van der Waals surface area contributed by atoms with Crippen molar-refractivity contribution in [1.29, 1.82) is 0 Å². The van der Waals surface area contributed by atoms with E-state index in [1.807, 2.05) is 12.3 Å². The zero-order valence-corrected chi connectivity index (χ0v) is 14.0. The molecule has 1 atom stereocenters. The zero-order valence-electron chi connectivity index (χ0n) is 13.2. The molecule has 0 bridgehead atoms. The van der Waals surface area contributed by atoms with E-state index in [0.717, 1.165) is 11.3 Å². The number of hydrogen-bond donors (Lipinski definition) is 2. The van der Waals surface area contributed by atoms with Gasteiger partial charge in [-0.05, 0) is 24.3 Å². The van der Waals surface area contributed by atoms with Crippen molar-refractivity contribution in [1.82, 2.24) is 5.32 Å². The summed E-state index contributed by atoms with van der Waals surface area (Å²) in [7, 11) is -1.20. The van der Waals surface area contributed by atoms with Crippen molar-refractivity contribution in [3.05, 3.63) is 29.3 Å². The number of para-hydroxylation sites is 1. The van der Waals surface area contributed by atoms with Gasteiger partial charge in [0, 0.05) is 12.2 Å². The predicted octanol–water partition coefficient (Wildman–Crippen LogP) is 1.06. The number of rotatable bonds is 6. The Bertz CT molecular complexity index is 583. The number of hydrogen-bond acceptors (Lipinski definition) is 6. The molecule has 8 heteroatoms. The fraction of sp³-hybridized carbons (Fsp3) is 0.467. The van der Waals surface area contributed by atoms with Crippen molar-refractivity contribution < 1.29 is 24.0 Å². The molecule has 23 heavy (non-hydrogen) atoms. The van der Waals surface area contributed by atoms with E-state index in [4.69, 9.17) is 9.39 Å². The first-order valence-electron chi connectivity index (χ1n) is 7.48. The van der Waals surface area contributed by atoms with Crippen LogP contribution in [0.25, 0.3) is 0 Å². The minimum atomic E-state index is -1.20. The van der Waals surface area contributed by atoms with Gasteiger partial charge in [0.15, 0.2) is 0 Å². The Morgan fingerprint density at radius 1 is 1.52 bits per heavy atom. The standard InChI is InChI=1S/C15H20BNO5S/c1-3-13(18)17-12-9-10-5-4-6-11(14(10)22-16(12)20)15(19)21-7-8-23-2/h4-6,12,20H,3,7-9H2,1-2H3,(H,17,18)/t12-/m0/s1. The van der Waals surface area contributed by atoms with Crippen molar-refractivity contribution in [2.75, 3.05) is 18.6 Å². The lowest BCUT2D eigenvalue weighted by atomic mass is 9.72. The Morgan fingerprint density at radius 2 is 2.30 bits per heavy atom. The molecule has 0 saturated heterocycles. The first-order chi connectivity index (χ1) is 11.1. The van der Waals surface area contributed by atoms with Gasteiger partial charge in [-0.15, -0.1) is 0 Å². The second-order valence-electron chi connectivity index (χ2n) is 5.16. The Kier molecular flexibility index (Phi) is 6.35. The Balaban J connectivity index is 2.14. The minimum Gasteiger partial charge on any atom is -0.534 e. The van der Waals surface area contributed by atoms with Crippen molar-refractivity contribution in [3.8, 4) is 5.75 Å². The van der Waals surface area contributed by atoms with Crippen LogP contribution in [0, 0.1) is 0 Å². The molecule has 0 unspecified atom stereocenters. The molecular weight excluding hydrogens is 317 g/mol. The van der Waals surface area contributed by atoms with Crippen LogP contribution in [0.4, 0.5) is 0 Å². The highest BCUT2D eigenvalue weighted by molar-refractivity contribution is 7.98. The van der Waals surface area contributed by atoms with Gasteiger partial charge in [-0.1, -0.05) is 19.1 Å². The molecule has 6 nitrogen and oxygen atoms in total. The highest BCUT2D eigenvalue weighted by Crippen LogP contribution is 2.30. The summed E-state index contributed by atoms with van der Waals surface area (Å²) >= 11 is 1.59. The summed E-state index contributed by atoms with van der Waals surface area (Å²) in [6.07, 6.45) is 2.66. The first-order valence-corrected chi connectivity index (χ1v) is 8.88. The SMILES string of the molecule is CCC(=O)N[C@H]1Cc2cccc(C(=O)OCCSC)c2OB1O. The van der Waals surface area contributed by atoms with Gasteiger partial charge in [0.25, 0.3) is 0 Å². The van der Waals surface area contributed by atoms with Gasteiger partial charge in [0.2, 0.25) is 5.91 Å². The number of esters is 1. The predicted molar refractivity (Wildman–Crippen MR) is 89.6 cm³/mol. The van der Waals surface area contributed by atoms with Gasteiger partial charge in [-0.3, -0.25) is 4.79 Å². The average molecular weight is 337 g/mol. The molecule has 1 aromatic rings. The summed E-state index contributed by atoms with van der Waals surface area (Å²) in [4.78, 5) is 23.6. The van der Waals surface area contributed by atoms with E-state index < -0.39 is 19.0 Å². The maximum absolute atomic E-state index is 12.1. The molecule has 0 fully saturated rings. The Morgan fingerprint density at radius 3 is 3.00 bits per heavy atom. The summed E-state index contributed by atoms with van der Waals surface area (Å²) in [5, 5.41) is 12.8. The Labute approximate surface area is 140 Å². The average Bonchev–Trinajstić information content (AvgIpc) is 2.55. The maximum atomic E-state index is 12.1. The molecule has 1 heterocycles. The lowest BCUT2D eigenvalue weighted by molar-refractivity contribution is -0.121. The van der Waals surface area contributed by atoms with Gasteiger partial charge in [-0.2, -0.15) is 11.8 Å². The third-order valence-electron chi connectivity index (χ3n) is 3.53. The third kappa shape index (κ3) is 4.42. The first kappa shape index (κ1) is 17.7. The van der Waals surface area contributed by atoms with Crippen LogP contribution >= 0.6 is 11.8 Å². The molecule has 2 N–H and O–H groups in total. The van der Waals surface area contributed by atoms with E-state index in [2.05, 4.69) is 5.32 Å². The lowest BCUT2D eigenvalue weighted by Crippen LogP contribution is -2.53. The molecule has 1 aromatic carbocycles.